The number of unbranched alkanes of at least 4 members (excludes halogenated alkanes) is 1. The summed E-state index contributed by atoms with van der Waals surface area (Å²) in [5.74, 6) is 1.14. The molecule has 3 aromatic rings. The number of rotatable bonds is 9. The average Bonchev–Trinajstić information content (AvgIpc) is 3.38. The molecule has 27 heavy (non-hydrogen) atoms. The summed E-state index contributed by atoms with van der Waals surface area (Å²) in [6.07, 6.45) is 2.85. The van der Waals surface area contributed by atoms with Crippen molar-refractivity contribution in [3.63, 3.8) is 0 Å². The maximum Gasteiger partial charge on any atom is 0.251 e. The molecule has 2 N–H and O–H groups in total. The Morgan fingerprint density at radius 2 is 2.04 bits per heavy atom. The van der Waals surface area contributed by atoms with E-state index in [4.69, 9.17) is 9.15 Å². The van der Waals surface area contributed by atoms with Crippen LogP contribution in [0.15, 0.2) is 59.2 Å². The second-order valence-electron chi connectivity index (χ2n) is 6.13. The van der Waals surface area contributed by atoms with Crippen molar-refractivity contribution < 1.29 is 19.1 Å². The molecule has 1 atom stereocenters. The number of benzene rings is 1. The Balaban J connectivity index is 1.52. The lowest BCUT2D eigenvalue weighted by Crippen LogP contribution is -2.22. The third-order valence-electron chi connectivity index (χ3n) is 4.07. The average molecular weight is 385 g/mol. The first-order valence-corrected chi connectivity index (χ1v) is 9.80. The molecule has 0 unspecified atom stereocenters. The van der Waals surface area contributed by atoms with Crippen LogP contribution in [0.4, 0.5) is 0 Å². The molecule has 0 saturated heterocycles. The van der Waals surface area contributed by atoms with Crippen molar-refractivity contribution in [3.05, 3.63) is 75.9 Å². The van der Waals surface area contributed by atoms with Gasteiger partial charge in [0, 0.05) is 15.3 Å². The number of thiophene rings is 1. The first-order valence-electron chi connectivity index (χ1n) is 8.98. The van der Waals surface area contributed by atoms with E-state index < -0.39 is 6.10 Å². The summed E-state index contributed by atoms with van der Waals surface area (Å²) >= 11 is 1.45. The lowest BCUT2D eigenvalue weighted by Gasteiger charge is -2.07. The fourth-order valence-electron chi connectivity index (χ4n) is 2.53. The zero-order chi connectivity index (χ0) is 19.1. The van der Waals surface area contributed by atoms with Crippen LogP contribution in [0.25, 0.3) is 0 Å². The highest BCUT2D eigenvalue weighted by Crippen LogP contribution is 2.28. The maximum absolute atomic E-state index is 12.3. The minimum Gasteiger partial charge on any atom is -0.494 e. The van der Waals surface area contributed by atoms with Crippen molar-refractivity contribution in [2.24, 2.45) is 0 Å². The topological polar surface area (TPSA) is 71.7 Å². The maximum atomic E-state index is 12.3. The zero-order valence-corrected chi connectivity index (χ0v) is 16.0. The predicted molar refractivity (Wildman–Crippen MR) is 105 cm³/mol. The molecule has 1 amide bonds. The van der Waals surface area contributed by atoms with E-state index in [0.717, 1.165) is 28.3 Å². The zero-order valence-electron chi connectivity index (χ0n) is 15.2. The normalized spacial score (nSPS) is 11.9. The third kappa shape index (κ3) is 5.21. The predicted octanol–water partition coefficient (Wildman–Crippen LogP) is 4.53. The molecular weight excluding hydrogens is 362 g/mol. The van der Waals surface area contributed by atoms with E-state index in [2.05, 4.69) is 12.2 Å². The van der Waals surface area contributed by atoms with Gasteiger partial charge in [0.2, 0.25) is 0 Å². The number of nitrogens with one attached hydrogen (secondary N) is 1. The van der Waals surface area contributed by atoms with E-state index in [1.165, 1.54) is 17.6 Å². The molecule has 0 aliphatic heterocycles. The largest absolute Gasteiger partial charge is 0.494 e. The lowest BCUT2D eigenvalue weighted by atomic mass is 10.2. The quantitative estimate of drug-likeness (QED) is 0.531. The minimum absolute atomic E-state index is 0.142. The van der Waals surface area contributed by atoms with Crippen LogP contribution in [0.1, 0.15) is 51.7 Å². The van der Waals surface area contributed by atoms with Gasteiger partial charge in [0.25, 0.3) is 5.91 Å². The molecule has 0 spiro atoms. The van der Waals surface area contributed by atoms with Gasteiger partial charge < -0.3 is 19.6 Å². The van der Waals surface area contributed by atoms with Gasteiger partial charge in [-0.05, 0) is 55.0 Å². The first-order chi connectivity index (χ1) is 13.2. The number of aliphatic hydroxyl groups excluding tert-OH is 1. The number of amides is 1. The van der Waals surface area contributed by atoms with Crippen LogP contribution in [0.2, 0.25) is 0 Å². The SMILES string of the molecule is CCCCOc1ccc(C(=O)NCc2ccc([C@H](O)c3ccco3)s2)cc1. The second-order valence-corrected chi connectivity index (χ2v) is 7.33. The van der Waals surface area contributed by atoms with Gasteiger partial charge in [0.05, 0.1) is 19.4 Å². The lowest BCUT2D eigenvalue weighted by molar-refractivity contribution is 0.0951. The summed E-state index contributed by atoms with van der Waals surface area (Å²) in [5.41, 5.74) is 0.588. The number of furan rings is 1. The molecule has 0 saturated carbocycles. The molecule has 6 heteroatoms. The number of carbonyl (C=O) groups excluding carboxylic acids is 1. The van der Waals surface area contributed by atoms with Gasteiger partial charge in [-0.2, -0.15) is 0 Å². The smallest absolute Gasteiger partial charge is 0.251 e. The number of hydrogen-bond donors (Lipinski definition) is 2. The van der Waals surface area contributed by atoms with Crippen LogP contribution >= 0.6 is 11.3 Å². The molecule has 2 aromatic heterocycles. The van der Waals surface area contributed by atoms with Crippen LogP contribution in [-0.4, -0.2) is 17.6 Å². The molecule has 0 aliphatic rings. The summed E-state index contributed by atoms with van der Waals surface area (Å²) in [6, 6.07) is 14.4. The van der Waals surface area contributed by atoms with Crippen LogP contribution in [0.3, 0.4) is 0 Å². The fraction of sp³-hybridized carbons (Fsp3) is 0.286. The van der Waals surface area contributed by atoms with E-state index in [9.17, 15) is 9.90 Å². The van der Waals surface area contributed by atoms with Crippen molar-refractivity contribution in [3.8, 4) is 5.75 Å². The summed E-state index contributed by atoms with van der Waals surface area (Å²) in [4.78, 5) is 14.0. The fourth-order valence-corrected chi connectivity index (χ4v) is 3.48. The van der Waals surface area contributed by atoms with Gasteiger partial charge >= 0.3 is 0 Å². The number of aliphatic hydroxyl groups is 1. The van der Waals surface area contributed by atoms with Crippen LogP contribution < -0.4 is 10.1 Å². The van der Waals surface area contributed by atoms with Gasteiger partial charge in [0.1, 0.15) is 17.6 Å². The molecule has 0 fully saturated rings. The highest BCUT2D eigenvalue weighted by molar-refractivity contribution is 7.12. The van der Waals surface area contributed by atoms with Crippen molar-refractivity contribution in [1.82, 2.24) is 5.32 Å². The van der Waals surface area contributed by atoms with E-state index in [1.807, 2.05) is 24.3 Å². The second kappa shape index (κ2) is 9.39. The molecule has 0 aliphatic carbocycles. The Morgan fingerprint density at radius 1 is 1.22 bits per heavy atom. The van der Waals surface area contributed by atoms with Gasteiger partial charge in [-0.25, -0.2) is 0 Å². The molecule has 3 rings (SSSR count). The van der Waals surface area contributed by atoms with Crippen molar-refractivity contribution in [1.29, 1.82) is 0 Å². The summed E-state index contributed by atoms with van der Waals surface area (Å²) in [5, 5.41) is 13.2. The third-order valence-corrected chi connectivity index (χ3v) is 5.21. The van der Waals surface area contributed by atoms with Crippen molar-refractivity contribution in [2.75, 3.05) is 6.61 Å². The Bertz CT molecular complexity index is 839. The highest BCUT2D eigenvalue weighted by atomic mass is 32.1. The molecule has 0 bridgehead atoms. The molecule has 0 radical (unpaired) electrons. The Hall–Kier alpha value is -2.57. The molecule has 2 heterocycles. The van der Waals surface area contributed by atoms with E-state index >= 15 is 0 Å². The molecule has 1 aromatic carbocycles. The minimum atomic E-state index is -0.783. The Morgan fingerprint density at radius 3 is 2.74 bits per heavy atom. The van der Waals surface area contributed by atoms with Crippen LogP contribution in [0, 0.1) is 0 Å². The van der Waals surface area contributed by atoms with Crippen LogP contribution in [-0.2, 0) is 6.54 Å². The van der Waals surface area contributed by atoms with Gasteiger partial charge in [-0.1, -0.05) is 13.3 Å². The van der Waals surface area contributed by atoms with Gasteiger partial charge in [0.15, 0.2) is 0 Å². The van der Waals surface area contributed by atoms with Crippen molar-refractivity contribution in [2.45, 2.75) is 32.4 Å². The molecule has 142 valence electrons. The van der Waals surface area contributed by atoms with E-state index in [-0.39, 0.29) is 5.91 Å². The summed E-state index contributed by atoms with van der Waals surface area (Å²) in [6.45, 7) is 3.21. The Labute approximate surface area is 162 Å². The standard InChI is InChI=1S/C21H23NO4S/c1-2-3-12-25-16-8-6-15(7-9-16)21(24)22-14-17-10-11-19(27-17)20(23)18-5-4-13-26-18/h4-11,13,20,23H,2-3,12,14H2,1H3,(H,22,24)/t20-/m1/s1. The highest BCUT2D eigenvalue weighted by Gasteiger charge is 2.16. The number of ether oxygens (including phenoxy) is 1. The van der Waals surface area contributed by atoms with Crippen LogP contribution in [0.5, 0.6) is 5.75 Å². The summed E-state index contributed by atoms with van der Waals surface area (Å²) in [7, 11) is 0. The number of hydrogen-bond acceptors (Lipinski definition) is 5. The number of carbonyl (C=O) groups is 1. The summed E-state index contributed by atoms with van der Waals surface area (Å²) < 4.78 is 10.8. The Kier molecular flexibility index (Phi) is 6.68. The van der Waals surface area contributed by atoms with E-state index in [0.29, 0.717) is 24.5 Å². The van der Waals surface area contributed by atoms with Gasteiger partial charge in [-0.3, -0.25) is 4.79 Å². The van der Waals surface area contributed by atoms with Crippen molar-refractivity contribution >= 4 is 17.2 Å². The first kappa shape index (κ1) is 19.2. The monoisotopic (exact) mass is 385 g/mol. The molecular formula is C21H23NO4S. The molecule has 5 nitrogen and oxygen atoms in total. The van der Waals surface area contributed by atoms with Gasteiger partial charge in [-0.15, -0.1) is 11.3 Å². The van der Waals surface area contributed by atoms with E-state index in [1.54, 1.807) is 24.3 Å².